The summed E-state index contributed by atoms with van der Waals surface area (Å²) in [5.41, 5.74) is -1.62. The Morgan fingerprint density at radius 2 is 0.848 bits per heavy atom. The molecular formula is C33H44B2O11. The zero-order chi connectivity index (χ0) is 33.6. The first-order chi connectivity index (χ1) is 21.3. The van der Waals surface area contributed by atoms with Crippen LogP contribution in [0.4, 0.5) is 4.79 Å². The summed E-state index contributed by atoms with van der Waals surface area (Å²) in [5, 5.41) is 0. The first kappa shape index (κ1) is 32.8. The maximum absolute atomic E-state index is 13.6. The molecule has 0 amide bonds. The second-order valence-electron chi connectivity index (χ2n) is 15.0. The van der Waals surface area contributed by atoms with E-state index in [1.54, 1.807) is 24.3 Å². The highest BCUT2D eigenvalue weighted by atomic mass is 16.7. The van der Waals surface area contributed by atoms with E-state index in [4.69, 9.17) is 47.0 Å². The second-order valence-corrected chi connectivity index (χ2v) is 15.0. The van der Waals surface area contributed by atoms with Gasteiger partial charge in [0.1, 0.15) is 11.5 Å². The summed E-state index contributed by atoms with van der Waals surface area (Å²) in [7, 11) is -1.70. The number of hydrogen-bond donors (Lipinski definition) is 0. The summed E-state index contributed by atoms with van der Waals surface area (Å²) in [4.78, 5) is 13.6. The molecule has 4 heterocycles. The summed E-state index contributed by atoms with van der Waals surface area (Å²) in [6.45, 7) is 23.6. The Kier molecular flexibility index (Phi) is 7.82. The van der Waals surface area contributed by atoms with E-state index >= 15 is 0 Å². The number of carbonyl (C=O) groups excluding carboxylic acids is 1. The lowest BCUT2D eigenvalue weighted by molar-refractivity contribution is 0.00578. The van der Waals surface area contributed by atoms with Crippen molar-refractivity contribution in [2.24, 2.45) is 11.8 Å². The average molecular weight is 638 g/mol. The summed E-state index contributed by atoms with van der Waals surface area (Å²) in [6, 6.07) is 6.65. The van der Waals surface area contributed by atoms with Crippen molar-refractivity contribution in [1.29, 1.82) is 0 Å². The molecule has 2 atom stereocenters. The van der Waals surface area contributed by atoms with Crippen molar-refractivity contribution < 1.29 is 51.8 Å². The molecule has 4 aliphatic rings. The number of hydrogen-bond acceptors (Lipinski definition) is 11. The lowest BCUT2D eigenvalue weighted by Gasteiger charge is -2.32. The summed E-state index contributed by atoms with van der Waals surface area (Å²) >= 11 is 0. The standard InChI is InChI=1S/C33H44B2O11/c1-17(2)27-37-23-13-19(34-43-30(5,6)31(7,8)44-34)21(15-25(23)39-27)41-29(36)42-22-16-26-24(38-28(40-26)18(3)4)14-20(22)35-45-32(9,10)33(11,12)46-35/h13-18,27-28H,1-12H3. The van der Waals surface area contributed by atoms with Crippen LogP contribution in [-0.2, 0) is 18.6 Å². The highest BCUT2D eigenvalue weighted by Crippen LogP contribution is 2.44. The second kappa shape index (κ2) is 11.0. The van der Waals surface area contributed by atoms with Crippen LogP contribution >= 0.6 is 0 Å². The molecule has 2 saturated heterocycles. The molecule has 0 bridgehead atoms. The molecule has 46 heavy (non-hydrogen) atoms. The molecule has 2 unspecified atom stereocenters. The van der Waals surface area contributed by atoms with E-state index in [0.29, 0.717) is 33.9 Å². The smallest absolute Gasteiger partial charge is 0.451 e. The van der Waals surface area contributed by atoms with Crippen molar-refractivity contribution in [2.75, 3.05) is 0 Å². The molecule has 2 aromatic carbocycles. The molecule has 0 aromatic heterocycles. The monoisotopic (exact) mass is 638 g/mol. The van der Waals surface area contributed by atoms with Crippen molar-refractivity contribution in [1.82, 2.24) is 0 Å². The van der Waals surface area contributed by atoms with Gasteiger partial charge in [0.05, 0.1) is 22.4 Å². The Hall–Kier alpha value is -3.12. The van der Waals surface area contributed by atoms with Gasteiger partial charge in [0.15, 0.2) is 23.0 Å². The van der Waals surface area contributed by atoms with Gasteiger partial charge in [-0.15, -0.1) is 0 Å². The van der Waals surface area contributed by atoms with Gasteiger partial charge in [-0.05, 0) is 67.5 Å². The molecule has 0 N–H and O–H groups in total. The minimum absolute atomic E-state index is 0.0803. The number of carbonyl (C=O) groups is 1. The largest absolute Gasteiger partial charge is 0.519 e. The van der Waals surface area contributed by atoms with Crippen molar-refractivity contribution in [2.45, 2.75) is 118 Å². The zero-order valence-electron chi connectivity index (χ0n) is 28.8. The van der Waals surface area contributed by atoms with Crippen LogP contribution in [0.1, 0.15) is 83.1 Å². The molecule has 0 saturated carbocycles. The highest BCUT2D eigenvalue weighted by molar-refractivity contribution is 6.64. The SMILES string of the molecule is CC(C)C1Oc2cc(OC(=O)Oc3cc4c(cc3B3OC(C)(C)C(C)(C)O3)OC(C(C)C)O4)c(B3OC(C)(C)C(C)(C)O3)cc2O1. The van der Waals surface area contributed by atoms with Crippen molar-refractivity contribution >= 4 is 31.3 Å². The third-order valence-electron chi connectivity index (χ3n) is 9.61. The third kappa shape index (κ3) is 5.69. The molecule has 0 spiro atoms. The Morgan fingerprint density at radius 1 is 0.565 bits per heavy atom. The summed E-state index contributed by atoms with van der Waals surface area (Å²) in [6.07, 6.45) is -1.99. The number of ether oxygens (including phenoxy) is 6. The van der Waals surface area contributed by atoms with Crippen LogP contribution in [0.15, 0.2) is 24.3 Å². The Bertz CT molecular complexity index is 1390. The maximum atomic E-state index is 13.6. The van der Waals surface area contributed by atoms with Crippen LogP contribution < -0.4 is 39.3 Å². The Labute approximate surface area is 271 Å². The van der Waals surface area contributed by atoms with E-state index < -0.39 is 55.4 Å². The van der Waals surface area contributed by atoms with Gasteiger partial charge in [-0.1, -0.05) is 27.7 Å². The van der Waals surface area contributed by atoms with E-state index in [-0.39, 0.29) is 23.3 Å². The molecule has 11 nitrogen and oxygen atoms in total. The van der Waals surface area contributed by atoms with E-state index in [2.05, 4.69) is 0 Å². The third-order valence-corrected chi connectivity index (χ3v) is 9.61. The first-order valence-electron chi connectivity index (χ1n) is 15.9. The van der Waals surface area contributed by atoms with Gasteiger partial charge in [0, 0.05) is 34.9 Å². The van der Waals surface area contributed by atoms with E-state index in [9.17, 15) is 4.79 Å². The summed E-state index contributed by atoms with van der Waals surface area (Å²) in [5.74, 6) is 2.32. The fraction of sp³-hybridized carbons (Fsp3) is 0.606. The molecule has 248 valence electrons. The number of benzene rings is 2. The van der Waals surface area contributed by atoms with Gasteiger partial charge >= 0.3 is 20.4 Å². The fourth-order valence-electron chi connectivity index (χ4n) is 5.26. The number of rotatable bonds is 6. The molecule has 0 radical (unpaired) electrons. The molecule has 4 aliphatic heterocycles. The predicted molar refractivity (Wildman–Crippen MR) is 171 cm³/mol. The molecule has 2 aromatic rings. The lowest BCUT2D eigenvalue weighted by atomic mass is 9.78. The van der Waals surface area contributed by atoms with E-state index in [0.717, 1.165) is 0 Å². The zero-order valence-corrected chi connectivity index (χ0v) is 28.8. The fourth-order valence-corrected chi connectivity index (χ4v) is 5.26. The van der Waals surface area contributed by atoms with Crippen molar-refractivity contribution in [3.63, 3.8) is 0 Å². The average Bonchev–Trinajstić information content (AvgIpc) is 3.64. The van der Waals surface area contributed by atoms with Crippen LogP contribution in [0.5, 0.6) is 34.5 Å². The molecular weight excluding hydrogens is 594 g/mol. The summed E-state index contributed by atoms with van der Waals surface area (Å²) < 4.78 is 61.2. The molecule has 0 aliphatic carbocycles. The quantitative estimate of drug-likeness (QED) is 0.232. The van der Waals surface area contributed by atoms with Gasteiger partial charge < -0.3 is 47.0 Å². The van der Waals surface area contributed by atoms with Gasteiger partial charge in [-0.25, -0.2) is 4.79 Å². The van der Waals surface area contributed by atoms with E-state index in [1.165, 1.54) is 0 Å². The van der Waals surface area contributed by atoms with Gasteiger partial charge in [-0.2, -0.15) is 0 Å². The van der Waals surface area contributed by atoms with E-state index in [1.807, 2.05) is 83.1 Å². The van der Waals surface area contributed by atoms with Crippen LogP contribution in [0.3, 0.4) is 0 Å². The predicted octanol–water partition coefficient (Wildman–Crippen LogP) is 5.37. The van der Waals surface area contributed by atoms with Crippen molar-refractivity contribution in [3.8, 4) is 34.5 Å². The van der Waals surface area contributed by atoms with Crippen LogP contribution in [0, 0.1) is 11.8 Å². The Balaban J connectivity index is 1.33. The van der Waals surface area contributed by atoms with Gasteiger partial charge in [-0.3, -0.25) is 0 Å². The minimum atomic E-state index is -1.01. The van der Waals surface area contributed by atoms with Gasteiger partial charge in [0.2, 0.25) is 12.6 Å². The first-order valence-corrected chi connectivity index (χ1v) is 15.9. The van der Waals surface area contributed by atoms with Crippen LogP contribution in [0.2, 0.25) is 0 Å². The molecule has 2 fully saturated rings. The number of fused-ring (bicyclic) bond motifs is 2. The molecule has 6 rings (SSSR count). The van der Waals surface area contributed by atoms with Crippen LogP contribution in [0.25, 0.3) is 0 Å². The highest BCUT2D eigenvalue weighted by Gasteiger charge is 2.54. The maximum Gasteiger partial charge on any atom is 0.519 e. The van der Waals surface area contributed by atoms with Crippen molar-refractivity contribution in [3.05, 3.63) is 24.3 Å². The normalized spacial score (nSPS) is 24.7. The lowest BCUT2D eigenvalue weighted by Crippen LogP contribution is -2.41. The minimum Gasteiger partial charge on any atom is -0.451 e. The topological polar surface area (TPSA) is 109 Å². The van der Waals surface area contributed by atoms with Gasteiger partial charge in [0.25, 0.3) is 0 Å². The van der Waals surface area contributed by atoms with Crippen LogP contribution in [-0.4, -0.2) is 55.4 Å². The molecule has 13 heteroatoms. The Morgan fingerprint density at radius 3 is 1.13 bits per heavy atom.